The Morgan fingerprint density at radius 3 is 2.20 bits per heavy atom. The summed E-state index contributed by atoms with van der Waals surface area (Å²) in [6, 6.07) is 0. The van der Waals surface area contributed by atoms with E-state index in [4.69, 9.17) is 0 Å². The van der Waals surface area contributed by atoms with Crippen molar-refractivity contribution in [2.24, 2.45) is 5.92 Å². The van der Waals surface area contributed by atoms with Crippen molar-refractivity contribution in [3.63, 3.8) is 0 Å². The third-order valence-corrected chi connectivity index (χ3v) is 2.78. The van der Waals surface area contributed by atoms with Crippen LogP contribution in [0.15, 0.2) is 0 Å². The van der Waals surface area contributed by atoms with E-state index in [1.54, 1.807) is 0 Å². The average molecular weight is 273 g/mol. The number of alkyl halides is 1. The van der Waals surface area contributed by atoms with E-state index in [9.17, 15) is 0 Å². The molecule has 1 fully saturated rings. The lowest BCUT2D eigenvalue weighted by Gasteiger charge is -2.24. The molecule has 1 N–H and O–H groups in total. The molecule has 1 atom stereocenters. The normalized spacial score (nSPS) is 23.4. The van der Waals surface area contributed by atoms with Gasteiger partial charge in [-0.3, -0.25) is 0 Å². The Balaban J connectivity index is 0.000000810. The molecule has 0 spiro atoms. The lowest BCUT2D eigenvalue weighted by molar-refractivity contribution is 0.376. The van der Waals surface area contributed by atoms with Gasteiger partial charge >= 0.3 is 0 Å². The summed E-state index contributed by atoms with van der Waals surface area (Å²) in [6.07, 6.45) is 2.68. The van der Waals surface area contributed by atoms with Crippen LogP contribution in [0.3, 0.4) is 0 Å². The summed E-state index contributed by atoms with van der Waals surface area (Å²) in [4.78, 5) is 0.708. The van der Waals surface area contributed by atoms with Crippen molar-refractivity contribution in [1.29, 1.82) is 0 Å². The highest BCUT2D eigenvalue weighted by Gasteiger charge is 2.16. The van der Waals surface area contributed by atoms with E-state index in [0.29, 0.717) is 4.83 Å². The minimum absolute atomic E-state index is 0. The number of hydrogen-bond acceptors (Lipinski definition) is 1. The second-order valence-electron chi connectivity index (χ2n) is 2.76. The van der Waals surface area contributed by atoms with Gasteiger partial charge in [-0.2, -0.15) is 0 Å². The fourth-order valence-corrected chi connectivity index (χ4v) is 1.83. The Morgan fingerprint density at radius 2 is 1.90 bits per heavy atom. The quantitative estimate of drug-likeness (QED) is 0.723. The van der Waals surface area contributed by atoms with Gasteiger partial charge in [-0.05, 0) is 31.8 Å². The Morgan fingerprint density at radius 1 is 1.40 bits per heavy atom. The fraction of sp³-hybridized carbons (Fsp3) is 1.00. The summed E-state index contributed by atoms with van der Waals surface area (Å²) >= 11 is 3.61. The van der Waals surface area contributed by atoms with E-state index in [1.807, 2.05) is 0 Å². The zero-order valence-electron chi connectivity index (χ0n) is 6.27. The van der Waals surface area contributed by atoms with Crippen molar-refractivity contribution in [1.82, 2.24) is 5.32 Å². The molecule has 0 aromatic carbocycles. The van der Waals surface area contributed by atoms with Crippen molar-refractivity contribution in [3.8, 4) is 0 Å². The monoisotopic (exact) mass is 271 g/mol. The molecule has 0 radical (unpaired) electrons. The summed E-state index contributed by atoms with van der Waals surface area (Å²) in [5.74, 6) is 0.909. The van der Waals surface area contributed by atoms with E-state index >= 15 is 0 Å². The van der Waals surface area contributed by atoms with Gasteiger partial charge in [0.2, 0.25) is 0 Å². The van der Waals surface area contributed by atoms with E-state index in [-0.39, 0.29) is 17.0 Å². The molecule has 1 saturated heterocycles. The summed E-state index contributed by atoms with van der Waals surface area (Å²) in [6.45, 7) is 4.66. The highest BCUT2D eigenvalue weighted by molar-refractivity contribution is 9.09. The molecular weight excluding hydrogens is 258 g/mol. The summed E-state index contributed by atoms with van der Waals surface area (Å²) in [7, 11) is 0. The second kappa shape index (κ2) is 5.56. The highest BCUT2D eigenvalue weighted by Crippen LogP contribution is 2.21. The molecule has 10 heavy (non-hydrogen) atoms. The molecule has 1 heterocycles. The topological polar surface area (TPSA) is 12.0 Å². The number of halogens is 2. The molecule has 1 aliphatic rings. The lowest BCUT2D eigenvalue weighted by atomic mass is 9.96. The molecule has 1 nitrogen and oxygen atoms in total. The maximum atomic E-state index is 3.61. The second-order valence-corrected chi connectivity index (χ2v) is 4.21. The number of rotatable bonds is 1. The third kappa shape index (κ3) is 3.35. The SMILES string of the molecule is Br.CC(Br)C1CCNCC1. The van der Waals surface area contributed by atoms with Crippen LogP contribution in [0.1, 0.15) is 19.8 Å². The molecule has 0 saturated carbocycles. The van der Waals surface area contributed by atoms with Crippen molar-refractivity contribution >= 4 is 32.9 Å². The van der Waals surface area contributed by atoms with Crippen molar-refractivity contribution in [2.45, 2.75) is 24.6 Å². The van der Waals surface area contributed by atoms with Gasteiger partial charge in [0.25, 0.3) is 0 Å². The van der Waals surface area contributed by atoms with E-state index in [2.05, 4.69) is 28.2 Å². The van der Waals surface area contributed by atoms with Crippen molar-refractivity contribution in [2.75, 3.05) is 13.1 Å². The first-order chi connectivity index (χ1) is 4.30. The van der Waals surface area contributed by atoms with Gasteiger partial charge in [-0.15, -0.1) is 17.0 Å². The molecule has 0 bridgehead atoms. The van der Waals surface area contributed by atoms with Crippen LogP contribution in [-0.4, -0.2) is 17.9 Å². The Hall–Kier alpha value is 0.920. The van der Waals surface area contributed by atoms with Crippen LogP contribution in [-0.2, 0) is 0 Å². The smallest absolute Gasteiger partial charge is 0.0146 e. The zero-order chi connectivity index (χ0) is 6.69. The van der Waals surface area contributed by atoms with Crippen LogP contribution in [0.5, 0.6) is 0 Å². The lowest BCUT2D eigenvalue weighted by Crippen LogP contribution is -2.30. The predicted octanol–water partition coefficient (Wildman–Crippen LogP) is 2.35. The van der Waals surface area contributed by atoms with E-state index < -0.39 is 0 Å². The Kier molecular flexibility index (Phi) is 6.07. The van der Waals surface area contributed by atoms with Gasteiger partial charge in [0, 0.05) is 4.83 Å². The molecule has 0 aliphatic carbocycles. The Labute approximate surface area is 81.9 Å². The summed E-state index contributed by atoms with van der Waals surface area (Å²) in [5, 5.41) is 3.35. The van der Waals surface area contributed by atoms with Gasteiger partial charge in [-0.25, -0.2) is 0 Å². The van der Waals surface area contributed by atoms with E-state index in [1.165, 1.54) is 25.9 Å². The van der Waals surface area contributed by atoms with Crippen LogP contribution in [0.25, 0.3) is 0 Å². The zero-order valence-corrected chi connectivity index (χ0v) is 9.57. The maximum Gasteiger partial charge on any atom is 0.0146 e. The van der Waals surface area contributed by atoms with Crippen molar-refractivity contribution < 1.29 is 0 Å². The third-order valence-electron chi connectivity index (χ3n) is 2.03. The first-order valence-corrected chi connectivity index (χ1v) is 4.57. The first-order valence-electron chi connectivity index (χ1n) is 3.65. The van der Waals surface area contributed by atoms with Crippen LogP contribution >= 0.6 is 32.9 Å². The van der Waals surface area contributed by atoms with Gasteiger partial charge in [-0.1, -0.05) is 22.9 Å². The molecule has 0 aromatic heterocycles. The minimum Gasteiger partial charge on any atom is -0.317 e. The standard InChI is InChI=1S/C7H14BrN.BrH/c1-6(8)7-2-4-9-5-3-7;/h6-7,9H,2-5H2,1H3;1H. The Bertz CT molecular complexity index is 79.7. The first kappa shape index (κ1) is 10.9. The summed E-state index contributed by atoms with van der Waals surface area (Å²) < 4.78 is 0. The molecule has 62 valence electrons. The van der Waals surface area contributed by atoms with Crippen LogP contribution in [0.4, 0.5) is 0 Å². The maximum absolute atomic E-state index is 3.61. The van der Waals surface area contributed by atoms with Gasteiger partial charge in [0.15, 0.2) is 0 Å². The molecule has 0 amide bonds. The minimum atomic E-state index is 0. The van der Waals surface area contributed by atoms with Gasteiger partial charge in [0.1, 0.15) is 0 Å². The van der Waals surface area contributed by atoms with Crippen LogP contribution in [0, 0.1) is 5.92 Å². The average Bonchev–Trinajstić information content (AvgIpc) is 1.90. The number of piperidine rings is 1. The summed E-state index contributed by atoms with van der Waals surface area (Å²) in [5.41, 5.74) is 0. The van der Waals surface area contributed by atoms with Crippen LogP contribution in [0.2, 0.25) is 0 Å². The van der Waals surface area contributed by atoms with E-state index in [0.717, 1.165) is 5.92 Å². The van der Waals surface area contributed by atoms with Crippen LogP contribution < -0.4 is 5.32 Å². The van der Waals surface area contributed by atoms with Crippen molar-refractivity contribution in [3.05, 3.63) is 0 Å². The van der Waals surface area contributed by atoms with Gasteiger partial charge < -0.3 is 5.32 Å². The number of hydrogen-bond donors (Lipinski definition) is 1. The molecule has 1 aliphatic heterocycles. The molecule has 0 aromatic rings. The molecule has 1 rings (SSSR count). The number of nitrogens with one attached hydrogen (secondary N) is 1. The predicted molar refractivity (Wildman–Crippen MR) is 54.3 cm³/mol. The highest BCUT2D eigenvalue weighted by atomic mass is 79.9. The largest absolute Gasteiger partial charge is 0.317 e. The molecule has 1 unspecified atom stereocenters. The fourth-order valence-electron chi connectivity index (χ4n) is 1.30. The molecule has 3 heteroatoms. The molecular formula is C7H15Br2N. The van der Waals surface area contributed by atoms with Gasteiger partial charge in [0.05, 0.1) is 0 Å².